The number of aromatic amines is 1. The standard InChI is InChI=1S/C16H21N3O/c1-16(2,15(17)20)19-13-9-5-7-11-10-6-3-4-8-12(10)18-14(11)13/h3-4,6,8,13,18-19H,5,7,9H2,1-2H3,(H2,17,20). The van der Waals surface area contributed by atoms with E-state index in [4.69, 9.17) is 5.73 Å². The molecule has 1 amide bonds. The Balaban J connectivity index is 2.00. The number of fused-ring (bicyclic) bond motifs is 3. The van der Waals surface area contributed by atoms with E-state index in [-0.39, 0.29) is 11.9 Å². The molecular formula is C16H21N3O. The molecule has 4 heteroatoms. The van der Waals surface area contributed by atoms with Gasteiger partial charge < -0.3 is 10.7 Å². The number of primary amides is 1. The normalized spacial score (nSPS) is 19.0. The largest absolute Gasteiger partial charge is 0.368 e. The molecule has 0 aliphatic heterocycles. The Labute approximate surface area is 118 Å². The van der Waals surface area contributed by atoms with Crippen molar-refractivity contribution in [3.63, 3.8) is 0 Å². The van der Waals surface area contributed by atoms with Crippen LogP contribution in [0.1, 0.15) is 44.0 Å². The predicted molar refractivity (Wildman–Crippen MR) is 80.4 cm³/mol. The van der Waals surface area contributed by atoms with Crippen LogP contribution in [0, 0.1) is 0 Å². The molecule has 1 aromatic heterocycles. The first-order valence-electron chi connectivity index (χ1n) is 7.16. The number of hydrogen-bond donors (Lipinski definition) is 3. The summed E-state index contributed by atoms with van der Waals surface area (Å²) in [4.78, 5) is 15.0. The van der Waals surface area contributed by atoms with Crippen molar-refractivity contribution in [3.8, 4) is 0 Å². The minimum atomic E-state index is -0.698. The maximum Gasteiger partial charge on any atom is 0.237 e. The number of para-hydroxylation sites is 1. The number of nitrogens with one attached hydrogen (secondary N) is 2. The van der Waals surface area contributed by atoms with E-state index in [0.29, 0.717) is 0 Å². The molecule has 1 atom stereocenters. The highest BCUT2D eigenvalue weighted by molar-refractivity contribution is 5.85. The van der Waals surface area contributed by atoms with Gasteiger partial charge in [-0.1, -0.05) is 18.2 Å². The van der Waals surface area contributed by atoms with Gasteiger partial charge in [0.1, 0.15) is 0 Å². The highest BCUT2D eigenvalue weighted by Crippen LogP contribution is 2.35. The predicted octanol–water partition coefficient (Wildman–Crippen LogP) is 2.40. The van der Waals surface area contributed by atoms with E-state index in [1.807, 2.05) is 19.9 Å². The van der Waals surface area contributed by atoms with Crippen LogP contribution in [0.15, 0.2) is 24.3 Å². The van der Waals surface area contributed by atoms with E-state index in [1.54, 1.807) is 0 Å². The van der Waals surface area contributed by atoms with E-state index in [1.165, 1.54) is 22.2 Å². The van der Waals surface area contributed by atoms with Crippen molar-refractivity contribution in [1.82, 2.24) is 10.3 Å². The molecule has 1 unspecified atom stereocenters. The summed E-state index contributed by atoms with van der Waals surface area (Å²) in [6, 6.07) is 8.53. The van der Waals surface area contributed by atoms with Crippen LogP contribution >= 0.6 is 0 Å². The fourth-order valence-electron chi connectivity index (χ4n) is 3.07. The summed E-state index contributed by atoms with van der Waals surface area (Å²) < 4.78 is 0. The lowest BCUT2D eigenvalue weighted by Gasteiger charge is -2.31. The molecule has 0 bridgehead atoms. The van der Waals surface area contributed by atoms with Crippen LogP contribution < -0.4 is 11.1 Å². The molecule has 0 fully saturated rings. The van der Waals surface area contributed by atoms with Gasteiger partial charge in [-0.15, -0.1) is 0 Å². The quantitative estimate of drug-likeness (QED) is 0.802. The highest BCUT2D eigenvalue weighted by atomic mass is 16.1. The summed E-state index contributed by atoms with van der Waals surface area (Å²) in [7, 11) is 0. The van der Waals surface area contributed by atoms with Crippen LogP contribution in [-0.2, 0) is 11.2 Å². The number of benzene rings is 1. The average Bonchev–Trinajstić information content (AvgIpc) is 2.78. The van der Waals surface area contributed by atoms with Crippen molar-refractivity contribution < 1.29 is 4.79 Å². The molecule has 3 rings (SSSR count). The van der Waals surface area contributed by atoms with E-state index in [2.05, 4.69) is 28.5 Å². The maximum atomic E-state index is 11.5. The summed E-state index contributed by atoms with van der Waals surface area (Å²) in [5, 5.41) is 4.70. The molecule has 0 saturated carbocycles. The lowest BCUT2D eigenvalue weighted by molar-refractivity contribution is -0.123. The number of aryl methyl sites for hydroxylation is 1. The Kier molecular flexibility index (Phi) is 3.05. The third-order valence-corrected chi connectivity index (χ3v) is 4.27. The summed E-state index contributed by atoms with van der Waals surface area (Å²) >= 11 is 0. The average molecular weight is 271 g/mol. The zero-order valence-electron chi connectivity index (χ0n) is 12.0. The van der Waals surface area contributed by atoms with Gasteiger partial charge >= 0.3 is 0 Å². The second kappa shape index (κ2) is 4.63. The SMILES string of the molecule is CC(C)(NC1CCCc2c1[nH]c1ccccc21)C(N)=O. The molecule has 2 aromatic rings. The summed E-state index contributed by atoms with van der Waals surface area (Å²) in [6.45, 7) is 3.68. The second-order valence-corrected chi connectivity index (χ2v) is 6.14. The third kappa shape index (κ3) is 2.10. The van der Waals surface area contributed by atoms with Crippen molar-refractivity contribution in [3.05, 3.63) is 35.5 Å². The van der Waals surface area contributed by atoms with Gasteiger partial charge in [0.25, 0.3) is 0 Å². The molecule has 0 radical (unpaired) electrons. The van der Waals surface area contributed by atoms with Crippen LogP contribution in [0.4, 0.5) is 0 Å². The monoisotopic (exact) mass is 271 g/mol. The van der Waals surface area contributed by atoms with Gasteiger partial charge in [0.2, 0.25) is 5.91 Å². The highest BCUT2D eigenvalue weighted by Gasteiger charge is 2.32. The third-order valence-electron chi connectivity index (χ3n) is 4.27. The first-order valence-corrected chi connectivity index (χ1v) is 7.16. The summed E-state index contributed by atoms with van der Waals surface area (Å²) in [5.41, 5.74) is 8.54. The number of rotatable bonds is 3. The number of H-pyrrole nitrogens is 1. The first-order chi connectivity index (χ1) is 9.49. The lowest BCUT2D eigenvalue weighted by Crippen LogP contribution is -2.52. The minimum absolute atomic E-state index is 0.161. The van der Waals surface area contributed by atoms with Gasteiger partial charge in [0, 0.05) is 22.6 Å². The smallest absolute Gasteiger partial charge is 0.237 e. The van der Waals surface area contributed by atoms with Gasteiger partial charge in [0.15, 0.2) is 0 Å². The Morgan fingerprint density at radius 1 is 1.40 bits per heavy atom. The van der Waals surface area contributed by atoms with E-state index in [9.17, 15) is 4.79 Å². The number of aromatic nitrogens is 1. The van der Waals surface area contributed by atoms with Gasteiger partial charge in [-0.25, -0.2) is 0 Å². The van der Waals surface area contributed by atoms with E-state index >= 15 is 0 Å². The Hall–Kier alpha value is -1.81. The molecule has 1 aromatic carbocycles. The van der Waals surface area contributed by atoms with Crippen molar-refractivity contribution in [2.24, 2.45) is 5.73 Å². The number of hydrogen-bond acceptors (Lipinski definition) is 2. The number of carbonyl (C=O) groups excluding carboxylic acids is 1. The second-order valence-electron chi connectivity index (χ2n) is 6.14. The number of nitrogens with two attached hydrogens (primary N) is 1. The lowest BCUT2D eigenvalue weighted by atomic mass is 9.89. The van der Waals surface area contributed by atoms with Gasteiger partial charge in [-0.2, -0.15) is 0 Å². The molecule has 4 N–H and O–H groups in total. The molecule has 20 heavy (non-hydrogen) atoms. The van der Waals surface area contributed by atoms with Crippen LogP contribution in [0.2, 0.25) is 0 Å². The van der Waals surface area contributed by atoms with Crippen molar-refractivity contribution in [2.45, 2.75) is 44.7 Å². The van der Waals surface area contributed by atoms with Gasteiger partial charge in [-0.3, -0.25) is 10.1 Å². The molecule has 4 nitrogen and oxygen atoms in total. The van der Waals surface area contributed by atoms with Crippen molar-refractivity contribution >= 4 is 16.8 Å². The fraction of sp³-hybridized carbons (Fsp3) is 0.438. The Morgan fingerprint density at radius 2 is 2.15 bits per heavy atom. The van der Waals surface area contributed by atoms with Crippen molar-refractivity contribution in [1.29, 1.82) is 0 Å². The number of carbonyl (C=O) groups is 1. The van der Waals surface area contributed by atoms with Gasteiger partial charge in [-0.05, 0) is 44.7 Å². The van der Waals surface area contributed by atoms with E-state index < -0.39 is 5.54 Å². The molecule has 1 aliphatic rings. The Morgan fingerprint density at radius 3 is 2.90 bits per heavy atom. The van der Waals surface area contributed by atoms with Crippen LogP contribution in [0.3, 0.4) is 0 Å². The zero-order chi connectivity index (χ0) is 14.3. The van der Waals surface area contributed by atoms with Crippen LogP contribution in [0.25, 0.3) is 10.9 Å². The van der Waals surface area contributed by atoms with Gasteiger partial charge in [0.05, 0.1) is 5.54 Å². The Bertz CT molecular complexity index is 657. The minimum Gasteiger partial charge on any atom is -0.368 e. The molecule has 1 heterocycles. The molecule has 0 spiro atoms. The molecule has 106 valence electrons. The van der Waals surface area contributed by atoms with E-state index in [0.717, 1.165) is 19.3 Å². The van der Waals surface area contributed by atoms with Crippen LogP contribution in [0.5, 0.6) is 0 Å². The first kappa shape index (κ1) is 13.2. The molecule has 0 saturated heterocycles. The maximum absolute atomic E-state index is 11.5. The number of amides is 1. The summed E-state index contributed by atoms with van der Waals surface area (Å²) in [6.07, 6.45) is 3.24. The van der Waals surface area contributed by atoms with Crippen LogP contribution in [-0.4, -0.2) is 16.4 Å². The van der Waals surface area contributed by atoms with Crippen molar-refractivity contribution in [2.75, 3.05) is 0 Å². The fourth-order valence-corrected chi connectivity index (χ4v) is 3.07. The molecule has 1 aliphatic carbocycles. The summed E-state index contributed by atoms with van der Waals surface area (Å²) in [5.74, 6) is -0.319. The molecular weight excluding hydrogens is 250 g/mol. The topological polar surface area (TPSA) is 70.9 Å². The zero-order valence-corrected chi connectivity index (χ0v) is 12.0.